The normalized spacial score (nSPS) is 17.9. The fraction of sp³-hybridized carbons (Fsp3) is 0.480. The van der Waals surface area contributed by atoms with Crippen molar-refractivity contribution in [3.05, 3.63) is 46.9 Å². The van der Waals surface area contributed by atoms with Gasteiger partial charge in [-0.25, -0.2) is 4.98 Å². The van der Waals surface area contributed by atoms with Gasteiger partial charge in [0.25, 0.3) is 5.56 Å². The number of pyridine rings is 1. The van der Waals surface area contributed by atoms with Gasteiger partial charge in [-0.2, -0.15) is 4.98 Å². The molecule has 0 spiro atoms. The van der Waals surface area contributed by atoms with Crippen LogP contribution in [0.4, 0.5) is 17.3 Å². The van der Waals surface area contributed by atoms with Crippen LogP contribution in [0.1, 0.15) is 38.1 Å². The molecule has 1 saturated carbocycles. The van der Waals surface area contributed by atoms with Crippen molar-refractivity contribution < 1.29 is 4.74 Å². The number of likely N-dealkylation sites (N-methyl/N-ethyl adjacent to an activating group) is 1. The van der Waals surface area contributed by atoms with Crippen LogP contribution in [0.25, 0.3) is 11.0 Å². The number of benzene rings is 1. The van der Waals surface area contributed by atoms with Crippen molar-refractivity contribution in [3.8, 4) is 5.75 Å². The minimum absolute atomic E-state index is 0.00756. The zero-order valence-electron chi connectivity index (χ0n) is 19.5. The first-order valence-corrected chi connectivity index (χ1v) is 11.9. The Balaban J connectivity index is 1.44. The van der Waals surface area contributed by atoms with Crippen LogP contribution in [-0.2, 0) is 0 Å². The number of hydrogen-bond donors (Lipinski definition) is 1. The van der Waals surface area contributed by atoms with Crippen LogP contribution in [0.2, 0.25) is 0 Å². The third kappa shape index (κ3) is 4.53. The standard InChI is InChI=1S/C25H32N6O2/c1-29-12-14-30(15-13-29)20-9-10-21(22(16-20)33-2)27-25-26-17-18-8-11-23(32)31(24(18)28-25)19-6-4-3-5-7-19/h8-11,16-17,19H,3-7,12-15H2,1-2H3,(H,26,27,28). The second-order valence-electron chi connectivity index (χ2n) is 9.11. The Morgan fingerprint density at radius 3 is 2.58 bits per heavy atom. The number of piperazine rings is 1. The van der Waals surface area contributed by atoms with Gasteiger partial charge in [0.1, 0.15) is 11.4 Å². The van der Waals surface area contributed by atoms with Gasteiger partial charge < -0.3 is 19.9 Å². The van der Waals surface area contributed by atoms with Gasteiger partial charge in [-0.15, -0.1) is 0 Å². The number of ether oxygens (including phenoxy) is 1. The zero-order valence-corrected chi connectivity index (χ0v) is 19.5. The Morgan fingerprint density at radius 1 is 1.03 bits per heavy atom. The molecular formula is C25H32N6O2. The highest BCUT2D eigenvalue weighted by molar-refractivity contribution is 5.76. The van der Waals surface area contributed by atoms with Crippen LogP contribution in [0, 0.1) is 0 Å². The van der Waals surface area contributed by atoms with Crippen LogP contribution < -0.4 is 20.5 Å². The SMILES string of the molecule is COc1cc(N2CCN(C)CC2)ccc1Nc1ncc2ccc(=O)n(C3CCCCC3)c2n1. The number of rotatable bonds is 5. The van der Waals surface area contributed by atoms with E-state index in [9.17, 15) is 4.79 Å². The summed E-state index contributed by atoms with van der Waals surface area (Å²) < 4.78 is 7.56. The van der Waals surface area contributed by atoms with Gasteiger partial charge in [0.05, 0.1) is 12.8 Å². The highest BCUT2D eigenvalue weighted by atomic mass is 16.5. The van der Waals surface area contributed by atoms with Crippen LogP contribution in [-0.4, -0.2) is 59.8 Å². The van der Waals surface area contributed by atoms with Crippen molar-refractivity contribution in [2.24, 2.45) is 0 Å². The first kappa shape index (κ1) is 21.7. The van der Waals surface area contributed by atoms with Gasteiger partial charge in [-0.05, 0) is 38.1 Å². The number of nitrogens with one attached hydrogen (secondary N) is 1. The molecule has 0 bridgehead atoms. The number of methoxy groups -OCH3 is 1. The van der Waals surface area contributed by atoms with E-state index >= 15 is 0 Å². The summed E-state index contributed by atoms with van der Waals surface area (Å²) in [6.45, 7) is 4.10. The van der Waals surface area contributed by atoms with Gasteiger partial charge in [0.15, 0.2) is 0 Å². The van der Waals surface area contributed by atoms with Crippen molar-refractivity contribution in [1.29, 1.82) is 0 Å². The van der Waals surface area contributed by atoms with E-state index in [1.807, 2.05) is 16.7 Å². The van der Waals surface area contributed by atoms with Crippen LogP contribution >= 0.6 is 0 Å². The molecule has 5 rings (SSSR count). The molecule has 8 nitrogen and oxygen atoms in total. The second-order valence-corrected chi connectivity index (χ2v) is 9.11. The maximum Gasteiger partial charge on any atom is 0.252 e. The largest absolute Gasteiger partial charge is 0.494 e. The number of hydrogen-bond acceptors (Lipinski definition) is 7. The van der Waals surface area contributed by atoms with Gasteiger partial charge in [0, 0.05) is 61.6 Å². The zero-order chi connectivity index (χ0) is 22.8. The second kappa shape index (κ2) is 9.39. The molecule has 33 heavy (non-hydrogen) atoms. The first-order chi connectivity index (χ1) is 16.1. The molecule has 174 valence electrons. The summed E-state index contributed by atoms with van der Waals surface area (Å²) in [5, 5.41) is 4.19. The lowest BCUT2D eigenvalue weighted by Gasteiger charge is -2.34. The smallest absolute Gasteiger partial charge is 0.252 e. The number of anilines is 3. The topological polar surface area (TPSA) is 75.5 Å². The molecule has 3 heterocycles. The Kier molecular flexibility index (Phi) is 6.17. The first-order valence-electron chi connectivity index (χ1n) is 11.9. The number of nitrogens with zero attached hydrogens (tertiary/aromatic N) is 5. The minimum atomic E-state index is 0.00756. The highest BCUT2D eigenvalue weighted by Gasteiger charge is 2.20. The molecule has 1 N–H and O–H groups in total. The summed E-state index contributed by atoms with van der Waals surface area (Å²) in [6.07, 6.45) is 7.37. The predicted octanol–water partition coefficient (Wildman–Crippen LogP) is 3.80. The molecule has 8 heteroatoms. The molecule has 1 saturated heterocycles. The van der Waals surface area contributed by atoms with E-state index in [2.05, 4.69) is 39.3 Å². The highest BCUT2D eigenvalue weighted by Crippen LogP contribution is 2.33. The summed E-state index contributed by atoms with van der Waals surface area (Å²) in [6, 6.07) is 9.83. The third-order valence-electron chi connectivity index (χ3n) is 6.91. The van der Waals surface area contributed by atoms with E-state index < -0.39 is 0 Å². The maximum atomic E-state index is 12.8. The van der Waals surface area contributed by atoms with E-state index in [1.165, 1.54) is 6.42 Å². The molecule has 1 aromatic carbocycles. The van der Waals surface area contributed by atoms with Crippen molar-refractivity contribution in [3.63, 3.8) is 0 Å². The van der Waals surface area contributed by atoms with Gasteiger partial charge in [-0.1, -0.05) is 19.3 Å². The predicted molar refractivity (Wildman–Crippen MR) is 132 cm³/mol. The lowest BCUT2D eigenvalue weighted by Crippen LogP contribution is -2.44. The van der Waals surface area contributed by atoms with Crippen LogP contribution in [0.5, 0.6) is 5.75 Å². The van der Waals surface area contributed by atoms with Crippen molar-refractivity contribution in [1.82, 2.24) is 19.4 Å². The molecule has 3 aromatic rings. The molecule has 0 unspecified atom stereocenters. The molecule has 0 radical (unpaired) electrons. The lowest BCUT2D eigenvalue weighted by atomic mass is 9.95. The molecule has 2 aromatic heterocycles. The molecule has 1 aliphatic heterocycles. The molecule has 0 amide bonds. The van der Waals surface area contributed by atoms with Crippen LogP contribution in [0.15, 0.2) is 41.3 Å². The summed E-state index contributed by atoms with van der Waals surface area (Å²) in [7, 11) is 3.83. The maximum absolute atomic E-state index is 12.8. The summed E-state index contributed by atoms with van der Waals surface area (Å²) in [4.78, 5) is 26.8. The summed E-state index contributed by atoms with van der Waals surface area (Å²) in [5.74, 6) is 1.20. The summed E-state index contributed by atoms with van der Waals surface area (Å²) >= 11 is 0. The van der Waals surface area contributed by atoms with Crippen molar-refractivity contribution >= 4 is 28.4 Å². The van der Waals surface area contributed by atoms with E-state index in [0.29, 0.717) is 11.6 Å². The number of fused-ring (bicyclic) bond motifs is 1. The quantitative estimate of drug-likeness (QED) is 0.636. The Morgan fingerprint density at radius 2 is 1.82 bits per heavy atom. The van der Waals surface area contributed by atoms with Crippen LogP contribution in [0.3, 0.4) is 0 Å². The Bertz CT molecular complexity index is 1180. The number of aromatic nitrogens is 3. The van der Waals surface area contributed by atoms with E-state index in [4.69, 9.17) is 9.72 Å². The monoisotopic (exact) mass is 448 g/mol. The average molecular weight is 449 g/mol. The molecule has 0 atom stereocenters. The van der Waals surface area contributed by atoms with Gasteiger partial charge in [-0.3, -0.25) is 9.36 Å². The average Bonchev–Trinajstić information content (AvgIpc) is 2.85. The van der Waals surface area contributed by atoms with Gasteiger partial charge >= 0.3 is 0 Å². The molecule has 2 fully saturated rings. The van der Waals surface area contributed by atoms with Crippen molar-refractivity contribution in [2.45, 2.75) is 38.1 Å². The Labute approximate surface area is 194 Å². The fourth-order valence-corrected chi connectivity index (χ4v) is 4.96. The third-order valence-corrected chi connectivity index (χ3v) is 6.91. The Hall–Kier alpha value is -3.13. The minimum Gasteiger partial charge on any atom is -0.494 e. The van der Waals surface area contributed by atoms with E-state index in [0.717, 1.165) is 74.4 Å². The molecule has 1 aliphatic carbocycles. The van der Waals surface area contributed by atoms with Gasteiger partial charge in [0.2, 0.25) is 5.95 Å². The fourth-order valence-electron chi connectivity index (χ4n) is 4.96. The molecular weight excluding hydrogens is 416 g/mol. The summed E-state index contributed by atoms with van der Waals surface area (Å²) in [5.41, 5.74) is 2.65. The van der Waals surface area contributed by atoms with E-state index in [-0.39, 0.29) is 11.6 Å². The van der Waals surface area contributed by atoms with Crippen molar-refractivity contribution in [2.75, 3.05) is 50.6 Å². The lowest BCUT2D eigenvalue weighted by molar-refractivity contribution is 0.312. The van der Waals surface area contributed by atoms with E-state index in [1.54, 1.807) is 19.4 Å². The molecule has 2 aliphatic rings.